The number of benzene rings is 2. The first kappa shape index (κ1) is 23.7. The highest BCUT2D eigenvalue weighted by atomic mass is 35.5. The average molecular weight is 453 g/mol. The number of amides is 1. The van der Waals surface area contributed by atoms with E-state index in [1.54, 1.807) is 19.1 Å². The summed E-state index contributed by atoms with van der Waals surface area (Å²) in [6, 6.07) is 8.68. The van der Waals surface area contributed by atoms with Crippen LogP contribution >= 0.6 is 11.6 Å². The molecule has 0 saturated heterocycles. The van der Waals surface area contributed by atoms with Crippen LogP contribution in [0.15, 0.2) is 36.4 Å². The van der Waals surface area contributed by atoms with E-state index in [-0.39, 0.29) is 17.2 Å². The minimum atomic E-state index is -3.74. The fourth-order valence-corrected chi connectivity index (χ4v) is 4.52. The molecule has 30 heavy (non-hydrogen) atoms. The van der Waals surface area contributed by atoms with Crippen LogP contribution in [0, 0.1) is 13.8 Å². The molecule has 0 aliphatic rings. The summed E-state index contributed by atoms with van der Waals surface area (Å²) in [6.45, 7) is 7.11. The van der Waals surface area contributed by atoms with Crippen molar-refractivity contribution in [1.29, 1.82) is 0 Å². The van der Waals surface area contributed by atoms with E-state index < -0.39 is 27.9 Å². The molecule has 0 bridgehead atoms. The number of carbonyl (C=O) groups is 2. The molecule has 2 aromatic rings. The van der Waals surface area contributed by atoms with E-state index in [1.165, 1.54) is 25.1 Å². The normalized spacial score (nSPS) is 12.2. The lowest BCUT2D eigenvalue weighted by atomic mass is 10.1. The number of hydrogen-bond acceptors (Lipinski definition) is 5. The number of sulfonamides is 1. The van der Waals surface area contributed by atoms with Gasteiger partial charge >= 0.3 is 5.97 Å². The molecule has 1 amide bonds. The molecule has 0 aromatic heterocycles. The van der Waals surface area contributed by atoms with Crippen molar-refractivity contribution in [2.75, 3.05) is 22.5 Å². The summed E-state index contributed by atoms with van der Waals surface area (Å²) in [5.41, 5.74) is 2.69. The van der Waals surface area contributed by atoms with Gasteiger partial charge in [-0.2, -0.15) is 0 Å². The van der Waals surface area contributed by atoms with Gasteiger partial charge in [-0.25, -0.2) is 13.2 Å². The van der Waals surface area contributed by atoms with Crippen LogP contribution in [0.1, 0.15) is 35.3 Å². The van der Waals surface area contributed by atoms with Gasteiger partial charge in [0, 0.05) is 5.69 Å². The maximum absolute atomic E-state index is 12.8. The van der Waals surface area contributed by atoms with E-state index in [2.05, 4.69) is 5.32 Å². The van der Waals surface area contributed by atoms with Gasteiger partial charge in [-0.05, 0) is 69.2 Å². The number of hydrogen-bond donors (Lipinski definition) is 1. The van der Waals surface area contributed by atoms with Gasteiger partial charge in [-0.3, -0.25) is 9.10 Å². The summed E-state index contributed by atoms with van der Waals surface area (Å²) in [6.07, 6.45) is 1.06. The van der Waals surface area contributed by atoms with Crippen LogP contribution in [0.4, 0.5) is 11.4 Å². The van der Waals surface area contributed by atoms with Crippen molar-refractivity contribution in [3.63, 3.8) is 0 Å². The Balaban J connectivity index is 2.30. The Kier molecular flexibility index (Phi) is 7.49. The van der Waals surface area contributed by atoms with Crippen LogP contribution < -0.4 is 9.62 Å². The van der Waals surface area contributed by atoms with E-state index in [9.17, 15) is 18.0 Å². The number of esters is 1. The molecule has 0 aliphatic carbocycles. The van der Waals surface area contributed by atoms with Gasteiger partial charge in [0.05, 0.1) is 29.1 Å². The number of aryl methyl sites for hydroxylation is 2. The first-order valence-electron chi connectivity index (χ1n) is 9.29. The topological polar surface area (TPSA) is 92.8 Å². The third kappa shape index (κ3) is 5.73. The molecule has 2 rings (SSSR count). The molecule has 9 heteroatoms. The van der Waals surface area contributed by atoms with Crippen LogP contribution in [0.5, 0.6) is 0 Å². The zero-order valence-electron chi connectivity index (χ0n) is 17.5. The minimum Gasteiger partial charge on any atom is -0.462 e. The zero-order valence-corrected chi connectivity index (χ0v) is 19.1. The molecular weight excluding hydrogens is 428 g/mol. The van der Waals surface area contributed by atoms with Crippen molar-refractivity contribution in [2.24, 2.45) is 0 Å². The number of ether oxygens (including phenoxy) is 1. The Morgan fingerprint density at radius 2 is 1.73 bits per heavy atom. The molecule has 0 spiro atoms. The number of nitrogens with one attached hydrogen (secondary N) is 1. The molecule has 1 atom stereocenters. The number of nitrogens with zero attached hydrogens (tertiary/aromatic N) is 1. The molecule has 1 N–H and O–H groups in total. The van der Waals surface area contributed by atoms with Crippen molar-refractivity contribution < 1.29 is 22.7 Å². The highest BCUT2D eigenvalue weighted by Crippen LogP contribution is 2.26. The van der Waals surface area contributed by atoms with Gasteiger partial charge < -0.3 is 10.1 Å². The average Bonchev–Trinajstić information content (AvgIpc) is 2.59. The monoisotopic (exact) mass is 452 g/mol. The number of halogens is 1. The Morgan fingerprint density at radius 3 is 2.23 bits per heavy atom. The number of anilines is 2. The molecule has 0 fully saturated rings. The first-order chi connectivity index (χ1) is 13.9. The Hall–Kier alpha value is -2.58. The highest BCUT2D eigenvalue weighted by Gasteiger charge is 2.29. The third-order valence-electron chi connectivity index (χ3n) is 4.28. The van der Waals surface area contributed by atoms with Crippen molar-refractivity contribution in [1.82, 2.24) is 0 Å². The maximum atomic E-state index is 12.8. The summed E-state index contributed by atoms with van der Waals surface area (Å²) in [7, 11) is -3.74. The zero-order chi connectivity index (χ0) is 22.6. The molecular formula is C21H25ClN2O5S. The van der Waals surface area contributed by atoms with Crippen molar-refractivity contribution >= 4 is 44.9 Å². The van der Waals surface area contributed by atoms with Gasteiger partial charge in [-0.1, -0.05) is 17.7 Å². The van der Waals surface area contributed by atoms with Crippen molar-refractivity contribution in [3.8, 4) is 0 Å². The lowest BCUT2D eigenvalue weighted by molar-refractivity contribution is -0.116. The smallest absolute Gasteiger partial charge is 0.339 e. The maximum Gasteiger partial charge on any atom is 0.339 e. The second-order valence-electron chi connectivity index (χ2n) is 6.99. The van der Waals surface area contributed by atoms with Gasteiger partial charge in [0.15, 0.2) is 0 Å². The predicted octanol–water partition coefficient (Wildman–Crippen LogP) is 3.93. The lowest BCUT2D eigenvalue weighted by Crippen LogP contribution is -2.45. The lowest BCUT2D eigenvalue weighted by Gasteiger charge is -2.29. The van der Waals surface area contributed by atoms with E-state index >= 15 is 0 Å². The minimum absolute atomic E-state index is 0.119. The molecule has 7 nitrogen and oxygen atoms in total. The van der Waals surface area contributed by atoms with Crippen molar-refractivity contribution in [2.45, 2.75) is 33.7 Å². The highest BCUT2D eigenvalue weighted by molar-refractivity contribution is 7.92. The molecule has 0 saturated carbocycles. The predicted molar refractivity (Wildman–Crippen MR) is 119 cm³/mol. The largest absolute Gasteiger partial charge is 0.462 e. The second-order valence-corrected chi connectivity index (χ2v) is 9.25. The summed E-state index contributed by atoms with van der Waals surface area (Å²) in [4.78, 5) is 24.7. The van der Waals surface area contributed by atoms with Crippen molar-refractivity contribution in [3.05, 3.63) is 58.1 Å². The fraction of sp³-hybridized carbons (Fsp3) is 0.333. The molecule has 0 radical (unpaired) electrons. The van der Waals surface area contributed by atoms with Gasteiger partial charge in [0.1, 0.15) is 6.04 Å². The van der Waals surface area contributed by atoms with E-state index in [1.807, 2.05) is 19.9 Å². The standard InChI is InChI=1S/C21H25ClN2O5S/c1-6-29-21(26)18-8-7-16(12-19(18)22)23-20(25)15(4)24(30(5,27)28)17-10-13(2)9-14(3)11-17/h7-12,15H,6H2,1-5H3,(H,23,25)/t15-/m0/s1. The van der Waals surface area contributed by atoms with Gasteiger partial charge in [0.25, 0.3) is 0 Å². The fourth-order valence-electron chi connectivity index (χ4n) is 3.10. The SMILES string of the molecule is CCOC(=O)c1ccc(NC(=O)[C@H](C)N(c2cc(C)cc(C)c2)S(C)(=O)=O)cc1Cl. The van der Waals surface area contributed by atoms with Crippen LogP contribution in [-0.2, 0) is 19.6 Å². The van der Waals surface area contributed by atoms with Crippen LogP contribution in [0.25, 0.3) is 0 Å². The summed E-state index contributed by atoms with van der Waals surface area (Å²) in [5.74, 6) is -1.11. The Morgan fingerprint density at radius 1 is 1.13 bits per heavy atom. The van der Waals surface area contributed by atoms with E-state index in [0.717, 1.165) is 21.7 Å². The first-order valence-corrected chi connectivity index (χ1v) is 11.5. The summed E-state index contributed by atoms with van der Waals surface area (Å²) >= 11 is 6.13. The quantitative estimate of drug-likeness (QED) is 0.642. The van der Waals surface area contributed by atoms with E-state index in [0.29, 0.717) is 11.4 Å². The van der Waals surface area contributed by atoms with Gasteiger partial charge in [-0.15, -0.1) is 0 Å². The Bertz CT molecular complexity index is 1050. The summed E-state index contributed by atoms with van der Waals surface area (Å²) in [5, 5.41) is 2.77. The van der Waals surface area contributed by atoms with Crippen LogP contribution in [-0.4, -0.2) is 39.2 Å². The number of rotatable bonds is 7. The molecule has 0 heterocycles. The molecule has 162 valence electrons. The van der Waals surface area contributed by atoms with Gasteiger partial charge in [0.2, 0.25) is 15.9 Å². The van der Waals surface area contributed by atoms with Crippen LogP contribution in [0.3, 0.4) is 0 Å². The third-order valence-corrected chi connectivity index (χ3v) is 5.84. The molecule has 0 aliphatic heterocycles. The van der Waals surface area contributed by atoms with E-state index in [4.69, 9.17) is 16.3 Å². The Labute approximate surface area is 182 Å². The molecule has 2 aromatic carbocycles. The number of carbonyl (C=O) groups excluding carboxylic acids is 2. The summed E-state index contributed by atoms with van der Waals surface area (Å²) < 4.78 is 30.9. The van der Waals surface area contributed by atoms with Crippen LogP contribution in [0.2, 0.25) is 5.02 Å². The second kappa shape index (κ2) is 9.49. The molecule has 0 unspecified atom stereocenters.